The largest absolute Gasteiger partial charge is 0.307 e. The van der Waals surface area contributed by atoms with Crippen molar-refractivity contribution in [2.75, 3.05) is 19.0 Å². The Morgan fingerprint density at radius 1 is 0.800 bits per heavy atom. The van der Waals surface area contributed by atoms with Crippen molar-refractivity contribution in [1.29, 1.82) is 0 Å². The Hall–Kier alpha value is -5.06. The van der Waals surface area contributed by atoms with E-state index in [-0.39, 0.29) is 29.8 Å². The van der Waals surface area contributed by atoms with Gasteiger partial charge < -0.3 is 4.90 Å². The van der Waals surface area contributed by atoms with E-state index < -0.39 is 15.9 Å². The number of nitroso groups, excluding NO2 is 1. The van der Waals surface area contributed by atoms with Gasteiger partial charge in [-0.05, 0) is 81.4 Å². The molecule has 0 N–H and O–H groups in total. The van der Waals surface area contributed by atoms with Gasteiger partial charge in [-0.25, -0.2) is 12.7 Å². The minimum Gasteiger partial charge on any atom is -0.307 e. The SMILES string of the molecule is CN(C)S(=O)(=O)c1cccc(CN2C(=O)C(C(c3ccncc3)c3ccncc3)c3ccc(-c4ccc(CN=O)cc4)cc32)c1. The minimum atomic E-state index is -3.66. The lowest BCUT2D eigenvalue weighted by molar-refractivity contribution is -0.119. The van der Waals surface area contributed by atoms with Crippen LogP contribution >= 0.6 is 0 Å². The predicted octanol–water partition coefficient (Wildman–Crippen LogP) is 6.12. The molecule has 1 atom stereocenters. The first kappa shape index (κ1) is 30.0. The summed E-state index contributed by atoms with van der Waals surface area (Å²) in [6, 6.07) is 28.1. The zero-order valence-corrected chi connectivity index (χ0v) is 25.6. The molecule has 0 fully saturated rings. The van der Waals surface area contributed by atoms with Crippen LogP contribution in [0.25, 0.3) is 11.1 Å². The van der Waals surface area contributed by atoms with Crippen molar-refractivity contribution in [3.63, 3.8) is 0 Å². The monoisotopic (exact) mass is 617 g/mol. The van der Waals surface area contributed by atoms with E-state index in [9.17, 15) is 18.1 Å². The van der Waals surface area contributed by atoms with Crippen LogP contribution in [0.15, 0.2) is 126 Å². The third-order valence-corrected chi connectivity index (χ3v) is 10.0. The second-order valence-corrected chi connectivity index (χ2v) is 13.3. The summed E-state index contributed by atoms with van der Waals surface area (Å²) in [5.74, 6) is -0.948. The highest BCUT2D eigenvalue weighted by molar-refractivity contribution is 7.89. The van der Waals surface area contributed by atoms with Gasteiger partial charge in [-0.3, -0.25) is 14.8 Å². The van der Waals surface area contributed by atoms with Gasteiger partial charge >= 0.3 is 0 Å². The van der Waals surface area contributed by atoms with E-state index in [2.05, 4.69) is 15.1 Å². The molecular formula is C35H31N5O4S. The van der Waals surface area contributed by atoms with Crippen molar-refractivity contribution >= 4 is 21.6 Å². The van der Waals surface area contributed by atoms with Crippen molar-refractivity contribution in [2.45, 2.75) is 29.8 Å². The number of anilines is 1. The molecule has 226 valence electrons. The topological polar surface area (TPSA) is 113 Å². The Morgan fingerprint density at radius 2 is 1.42 bits per heavy atom. The Labute approximate surface area is 262 Å². The van der Waals surface area contributed by atoms with E-state index in [1.165, 1.54) is 18.4 Å². The highest BCUT2D eigenvalue weighted by Crippen LogP contribution is 2.49. The van der Waals surface area contributed by atoms with Gasteiger partial charge in [0, 0.05) is 50.5 Å². The number of hydrogen-bond donors (Lipinski definition) is 0. The van der Waals surface area contributed by atoms with Crippen LogP contribution in [0.1, 0.15) is 39.7 Å². The lowest BCUT2D eigenvalue weighted by Crippen LogP contribution is -2.31. The van der Waals surface area contributed by atoms with Crippen LogP contribution in [0.2, 0.25) is 0 Å². The number of fused-ring (bicyclic) bond motifs is 1. The molecule has 0 spiro atoms. The van der Waals surface area contributed by atoms with Gasteiger partial charge in [-0.2, -0.15) is 4.91 Å². The Bertz CT molecular complexity index is 1910. The molecule has 1 unspecified atom stereocenters. The molecule has 3 aromatic carbocycles. The number of hydrogen-bond acceptors (Lipinski definition) is 7. The van der Waals surface area contributed by atoms with Crippen LogP contribution in [0, 0.1) is 4.91 Å². The summed E-state index contributed by atoms with van der Waals surface area (Å²) in [6.07, 6.45) is 6.91. The average molecular weight is 618 g/mol. The molecule has 9 nitrogen and oxygen atoms in total. The molecule has 0 radical (unpaired) electrons. The van der Waals surface area contributed by atoms with E-state index in [0.717, 1.165) is 39.1 Å². The first-order valence-electron chi connectivity index (χ1n) is 14.4. The average Bonchev–Trinajstić information content (AvgIpc) is 3.32. The molecule has 1 aliphatic heterocycles. The maximum Gasteiger partial charge on any atom is 0.242 e. The summed E-state index contributed by atoms with van der Waals surface area (Å²) in [7, 11) is -0.673. The molecule has 6 rings (SSSR count). The predicted molar refractivity (Wildman–Crippen MR) is 173 cm³/mol. The van der Waals surface area contributed by atoms with Crippen LogP contribution in [0.4, 0.5) is 5.69 Å². The van der Waals surface area contributed by atoms with Crippen LogP contribution in [0.3, 0.4) is 0 Å². The molecule has 5 aromatic rings. The van der Waals surface area contributed by atoms with Gasteiger partial charge in [0.15, 0.2) is 0 Å². The number of carbonyl (C=O) groups is 1. The lowest BCUT2D eigenvalue weighted by atomic mass is 9.78. The zero-order chi connectivity index (χ0) is 31.6. The van der Waals surface area contributed by atoms with E-state index in [0.29, 0.717) is 5.56 Å². The second kappa shape index (κ2) is 12.5. The van der Waals surface area contributed by atoms with Crippen LogP contribution in [0.5, 0.6) is 0 Å². The molecule has 0 bridgehead atoms. The molecule has 0 saturated carbocycles. The summed E-state index contributed by atoms with van der Waals surface area (Å²) in [4.78, 5) is 35.7. The molecule has 0 saturated heterocycles. The normalized spacial score (nSPS) is 14.6. The fourth-order valence-corrected chi connectivity index (χ4v) is 6.89. The van der Waals surface area contributed by atoms with Gasteiger partial charge in [0.2, 0.25) is 15.9 Å². The van der Waals surface area contributed by atoms with E-state index in [4.69, 9.17) is 0 Å². The molecule has 45 heavy (non-hydrogen) atoms. The van der Waals surface area contributed by atoms with Gasteiger partial charge in [0.05, 0.1) is 17.4 Å². The second-order valence-electron chi connectivity index (χ2n) is 11.1. The zero-order valence-electron chi connectivity index (χ0n) is 24.8. The molecule has 0 aliphatic carbocycles. The van der Waals surface area contributed by atoms with E-state index in [1.54, 1.807) is 47.9 Å². The summed E-state index contributed by atoms with van der Waals surface area (Å²) in [5, 5.41) is 2.98. The Balaban J connectivity index is 1.48. The number of rotatable bonds is 10. The number of aromatic nitrogens is 2. The van der Waals surface area contributed by atoms with Crippen molar-refractivity contribution in [3.05, 3.63) is 149 Å². The summed E-state index contributed by atoms with van der Waals surface area (Å²) in [6.45, 7) is 0.286. The van der Waals surface area contributed by atoms with Crippen molar-refractivity contribution < 1.29 is 13.2 Å². The summed E-state index contributed by atoms with van der Waals surface area (Å²) >= 11 is 0. The van der Waals surface area contributed by atoms with Crippen molar-refractivity contribution in [3.8, 4) is 11.1 Å². The van der Waals surface area contributed by atoms with Crippen LogP contribution in [-0.2, 0) is 27.9 Å². The Kier molecular flexibility index (Phi) is 8.34. The fraction of sp³-hybridized carbons (Fsp3) is 0.171. The smallest absolute Gasteiger partial charge is 0.242 e. The quantitative estimate of drug-likeness (QED) is 0.175. The first-order valence-corrected chi connectivity index (χ1v) is 15.9. The minimum absolute atomic E-state index is 0.0888. The maximum absolute atomic E-state index is 14.6. The molecular weight excluding hydrogens is 586 g/mol. The summed E-state index contributed by atoms with van der Waals surface area (Å²) < 4.78 is 27.0. The number of carbonyl (C=O) groups excluding carboxylic acids is 1. The highest BCUT2D eigenvalue weighted by Gasteiger charge is 2.43. The van der Waals surface area contributed by atoms with Crippen molar-refractivity contribution in [2.24, 2.45) is 5.18 Å². The molecule has 1 amide bonds. The van der Waals surface area contributed by atoms with E-state index >= 15 is 0 Å². The number of benzene rings is 3. The molecule has 10 heteroatoms. The van der Waals surface area contributed by atoms with Gasteiger partial charge in [-0.1, -0.05) is 53.7 Å². The summed E-state index contributed by atoms with van der Waals surface area (Å²) in [5.41, 5.74) is 6.88. The number of nitrogens with zero attached hydrogens (tertiary/aromatic N) is 5. The standard InChI is InChI=1S/C35H31N5O4S/c1-39(2)45(43,44)30-5-3-4-25(20-30)23-40-32-21-29(26-8-6-24(7-9-26)22-38-42)10-11-31(32)34(35(40)41)33(27-12-16-36-17-13-27)28-14-18-37-19-15-28/h3-21,33-34H,22-23H2,1-2H3. The van der Waals surface area contributed by atoms with Gasteiger partial charge in [0.1, 0.15) is 6.54 Å². The lowest BCUT2D eigenvalue weighted by Gasteiger charge is -2.25. The highest BCUT2D eigenvalue weighted by atomic mass is 32.2. The maximum atomic E-state index is 14.6. The number of pyridine rings is 2. The molecule has 3 heterocycles. The number of sulfonamides is 1. The Morgan fingerprint density at radius 3 is 2.02 bits per heavy atom. The first-order chi connectivity index (χ1) is 21.8. The van der Waals surface area contributed by atoms with Crippen LogP contribution in [-0.4, -0.2) is 42.7 Å². The van der Waals surface area contributed by atoms with Gasteiger partial charge in [-0.15, -0.1) is 0 Å². The van der Waals surface area contributed by atoms with Crippen molar-refractivity contribution in [1.82, 2.24) is 14.3 Å². The number of amides is 1. The van der Waals surface area contributed by atoms with Gasteiger partial charge in [0.25, 0.3) is 0 Å². The third-order valence-electron chi connectivity index (χ3n) is 8.20. The fourth-order valence-electron chi connectivity index (χ4n) is 5.92. The molecule has 1 aliphatic rings. The van der Waals surface area contributed by atoms with Crippen LogP contribution < -0.4 is 4.90 Å². The van der Waals surface area contributed by atoms with E-state index in [1.807, 2.05) is 72.8 Å². The molecule has 2 aromatic heterocycles. The third kappa shape index (κ3) is 5.90.